The van der Waals surface area contributed by atoms with E-state index in [1.54, 1.807) is 4.68 Å². The van der Waals surface area contributed by atoms with Gasteiger partial charge in [-0.2, -0.15) is 0 Å². The van der Waals surface area contributed by atoms with Crippen LogP contribution in [-0.4, -0.2) is 32.2 Å². The molecule has 1 aliphatic carbocycles. The summed E-state index contributed by atoms with van der Waals surface area (Å²) in [4.78, 5) is 12.0. The molecule has 21 heavy (non-hydrogen) atoms. The fourth-order valence-corrected chi connectivity index (χ4v) is 2.38. The molecule has 3 N–H and O–H groups in total. The average Bonchev–Trinajstić information content (AvgIpc) is 3.16. The Kier molecular flexibility index (Phi) is 3.66. The van der Waals surface area contributed by atoms with Gasteiger partial charge in [0, 0.05) is 18.2 Å². The Balaban J connectivity index is 1.66. The summed E-state index contributed by atoms with van der Waals surface area (Å²) in [5, 5.41) is 14.0. The Labute approximate surface area is 122 Å². The zero-order valence-electron chi connectivity index (χ0n) is 11.9. The lowest BCUT2D eigenvalue weighted by molar-refractivity contribution is -0.116. The second kappa shape index (κ2) is 5.61. The maximum atomic E-state index is 12.0. The standard InChI is InChI=1S/C14H18N6O/c1-9-6-11(4-5-13(9)20-8-16-18-19-20)17-14(21)7-12(15)10-2-3-10/h4-6,8,10,12H,2-3,7,15H2,1H3,(H,17,21). The number of aromatic nitrogens is 4. The van der Waals surface area contributed by atoms with Gasteiger partial charge >= 0.3 is 0 Å². The van der Waals surface area contributed by atoms with Gasteiger partial charge in [-0.15, -0.1) is 5.10 Å². The van der Waals surface area contributed by atoms with Crippen molar-refractivity contribution in [2.24, 2.45) is 11.7 Å². The van der Waals surface area contributed by atoms with Crippen molar-refractivity contribution in [1.82, 2.24) is 20.2 Å². The molecule has 0 spiro atoms. The Hall–Kier alpha value is -2.28. The molecular formula is C14H18N6O. The fraction of sp³-hybridized carbons (Fsp3) is 0.429. The lowest BCUT2D eigenvalue weighted by Crippen LogP contribution is -2.28. The van der Waals surface area contributed by atoms with Crippen molar-refractivity contribution >= 4 is 11.6 Å². The van der Waals surface area contributed by atoms with Crippen LogP contribution < -0.4 is 11.1 Å². The largest absolute Gasteiger partial charge is 0.327 e. The van der Waals surface area contributed by atoms with Gasteiger partial charge in [-0.05, 0) is 59.9 Å². The molecule has 1 aromatic heterocycles. The first-order chi connectivity index (χ1) is 10.1. The number of aryl methyl sites for hydroxylation is 1. The number of rotatable bonds is 5. The molecule has 0 aliphatic heterocycles. The lowest BCUT2D eigenvalue weighted by Gasteiger charge is -2.12. The molecule has 1 heterocycles. The zero-order valence-corrected chi connectivity index (χ0v) is 11.9. The van der Waals surface area contributed by atoms with Crippen LogP contribution in [0, 0.1) is 12.8 Å². The van der Waals surface area contributed by atoms with E-state index in [-0.39, 0.29) is 11.9 Å². The van der Waals surface area contributed by atoms with Crippen molar-refractivity contribution in [3.8, 4) is 5.69 Å². The maximum absolute atomic E-state index is 12.0. The van der Waals surface area contributed by atoms with E-state index in [0.717, 1.165) is 29.8 Å². The number of benzene rings is 1. The highest BCUT2D eigenvalue weighted by Gasteiger charge is 2.29. The summed E-state index contributed by atoms with van der Waals surface area (Å²) in [6.07, 6.45) is 4.20. The van der Waals surface area contributed by atoms with Gasteiger partial charge in [-0.1, -0.05) is 0 Å². The number of anilines is 1. The number of amides is 1. The van der Waals surface area contributed by atoms with Crippen LogP contribution in [0.5, 0.6) is 0 Å². The first kappa shape index (κ1) is 13.7. The predicted octanol–water partition coefficient (Wildman–Crippen LogP) is 1.04. The normalized spacial score (nSPS) is 15.7. The third kappa shape index (κ3) is 3.25. The van der Waals surface area contributed by atoms with Crippen LogP contribution in [0.1, 0.15) is 24.8 Å². The minimum atomic E-state index is -0.0380. The number of nitrogens with zero attached hydrogens (tertiary/aromatic N) is 4. The van der Waals surface area contributed by atoms with Crippen molar-refractivity contribution in [3.63, 3.8) is 0 Å². The molecule has 1 aliphatic rings. The third-order valence-electron chi connectivity index (χ3n) is 3.72. The number of carbonyl (C=O) groups excluding carboxylic acids is 1. The summed E-state index contributed by atoms with van der Waals surface area (Å²) in [5.74, 6) is 0.489. The molecule has 2 aromatic rings. The minimum absolute atomic E-state index is 0.0217. The van der Waals surface area contributed by atoms with Crippen molar-refractivity contribution in [2.75, 3.05) is 5.32 Å². The average molecular weight is 286 g/mol. The van der Waals surface area contributed by atoms with E-state index >= 15 is 0 Å². The summed E-state index contributed by atoms with van der Waals surface area (Å²) in [6, 6.07) is 5.59. The van der Waals surface area contributed by atoms with Crippen molar-refractivity contribution in [1.29, 1.82) is 0 Å². The second-order valence-electron chi connectivity index (χ2n) is 5.51. The van der Waals surface area contributed by atoms with Crippen molar-refractivity contribution in [3.05, 3.63) is 30.1 Å². The van der Waals surface area contributed by atoms with Gasteiger partial charge < -0.3 is 11.1 Å². The lowest BCUT2D eigenvalue weighted by atomic mass is 10.1. The quantitative estimate of drug-likeness (QED) is 0.855. The van der Waals surface area contributed by atoms with E-state index in [9.17, 15) is 4.79 Å². The van der Waals surface area contributed by atoms with Gasteiger partial charge in [0.2, 0.25) is 5.91 Å². The van der Waals surface area contributed by atoms with Crippen LogP contribution in [0.25, 0.3) is 5.69 Å². The summed E-state index contributed by atoms with van der Waals surface area (Å²) in [5.41, 5.74) is 8.59. The molecule has 110 valence electrons. The number of nitrogens with two attached hydrogens (primary N) is 1. The summed E-state index contributed by atoms with van der Waals surface area (Å²) < 4.78 is 1.59. The molecule has 1 saturated carbocycles. The summed E-state index contributed by atoms with van der Waals surface area (Å²) in [7, 11) is 0. The Morgan fingerprint density at radius 3 is 2.95 bits per heavy atom. The van der Waals surface area contributed by atoms with E-state index in [1.165, 1.54) is 6.33 Å². The monoisotopic (exact) mass is 286 g/mol. The van der Waals surface area contributed by atoms with E-state index in [0.29, 0.717) is 12.3 Å². The van der Waals surface area contributed by atoms with Crippen LogP contribution in [0.3, 0.4) is 0 Å². The molecular weight excluding hydrogens is 268 g/mol. The highest BCUT2D eigenvalue weighted by Crippen LogP contribution is 2.32. The predicted molar refractivity (Wildman–Crippen MR) is 77.8 cm³/mol. The third-order valence-corrected chi connectivity index (χ3v) is 3.72. The van der Waals surface area contributed by atoms with Crippen molar-refractivity contribution < 1.29 is 4.79 Å². The fourth-order valence-electron chi connectivity index (χ4n) is 2.38. The molecule has 7 nitrogen and oxygen atoms in total. The van der Waals surface area contributed by atoms with E-state index in [4.69, 9.17) is 5.73 Å². The first-order valence-electron chi connectivity index (χ1n) is 7.03. The smallest absolute Gasteiger partial charge is 0.225 e. The molecule has 1 aromatic carbocycles. The van der Waals surface area contributed by atoms with E-state index in [2.05, 4.69) is 20.8 Å². The summed E-state index contributed by atoms with van der Waals surface area (Å²) >= 11 is 0. The van der Waals surface area contributed by atoms with E-state index < -0.39 is 0 Å². The highest BCUT2D eigenvalue weighted by molar-refractivity contribution is 5.91. The molecule has 1 atom stereocenters. The second-order valence-corrected chi connectivity index (χ2v) is 5.51. The van der Waals surface area contributed by atoms with Gasteiger partial charge in [0.15, 0.2) is 0 Å². The molecule has 1 unspecified atom stereocenters. The molecule has 0 bridgehead atoms. The molecule has 1 fully saturated rings. The highest BCUT2D eigenvalue weighted by atomic mass is 16.1. The number of hydrogen-bond donors (Lipinski definition) is 2. The molecule has 7 heteroatoms. The Morgan fingerprint density at radius 1 is 1.52 bits per heavy atom. The zero-order chi connectivity index (χ0) is 14.8. The van der Waals surface area contributed by atoms with Gasteiger partial charge in [0.25, 0.3) is 0 Å². The van der Waals surface area contributed by atoms with Gasteiger partial charge in [0.1, 0.15) is 6.33 Å². The number of carbonyl (C=O) groups is 1. The molecule has 1 amide bonds. The van der Waals surface area contributed by atoms with Crippen molar-refractivity contribution in [2.45, 2.75) is 32.2 Å². The Morgan fingerprint density at radius 2 is 2.33 bits per heavy atom. The number of tetrazole rings is 1. The molecule has 0 saturated heterocycles. The van der Waals surface area contributed by atoms with Gasteiger partial charge in [0.05, 0.1) is 5.69 Å². The SMILES string of the molecule is Cc1cc(NC(=O)CC(N)C2CC2)ccc1-n1cnnn1. The molecule has 3 rings (SSSR count). The van der Waals surface area contributed by atoms with Crippen LogP contribution in [0.4, 0.5) is 5.69 Å². The topological polar surface area (TPSA) is 98.7 Å². The molecule has 0 radical (unpaired) electrons. The van der Waals surface area contributed by atoms with Crippen LogP contribution in [0.15, 0.2) is 24.5 Å². The number of nitrogens with one attached hydrogen (secondary N) is 1. The Bertz CT molecular complexity index is 635. The van der Waals surface area contributed by atoms with Crippen LogP contribution in [0.2, 0.25) is 0 Å². The minimum Gasteiger partial charge on any atom is -0.327 e. The number of hydrogen-bond acceptors (Lipinski definition) is 5. The van der Waals surface area contributed by atoms with E-state index in [1.807, 2.05) is 25.1 Å². The first-order valence-corrected chi connectivity index (χ1v) is 7.03. The van der Waals surface area contributed by atoms with Crippen LogP contribution in [-0.2, 0) is 4.79 Å². The van der Waals surface area contributed by atoms with Gasteiger partial charge in [-0.25, -0.2) is 4.68 Å². The van der Waals surface area contributed by atoms with Gasteiger partial charge in [-0.3, -0.25) is 4.79 Å². The summed E-state index contributed by atoms with van der Waals surface area (Å²) in [6.45, 7) is 1.95. The maximum Gasteiger partial charge on any atom is 0.225 e. The van der Waals surface area contributed by atoms with Crippen LogP contribution >= 0.6 is 0 Å².